The van der Waals surface area contributed by atoms with Gasteiger partial charge in [0.1, 0.15) is 0 Å². The van der Waals surface area contributed by atoms with Crippen molar-refractivity contribution in [2.45, 2.75) is 13.3 Å². The Kier molecular flexibility index (Phi) is 3.22. The van der Waals surface area contributed by atoms with E-state index >= 15 is 0 Å². The van der Waals surface area contributed by atoms with Gasteiger partial charge in [0, 0.05) is 32.0 Å². The van der Waals surface area contributed by atoms with Crippen LogP contribution >= 0.6 is 0 Å². The molecule has 2 aromatic heterocycles. The van der Waals surface area contributed by atoms with E-state index in [1.165, 1.54) is 12.1 Å². The standard InChI is InChI=1S/C12H12N6O3/c1-7-14-11(17-21-7)4-5-13-12-15-9-3-2-8(18(19)20)6-10(9)16-12/h2-3,6H,4-5H2,1H3,(H2,13,15,16). The summed E-state index contributed by atoms with van der Waals surface area (Å²) < 4.78 is 4.87. The van der Waals surface area contributed by atoms with Crippen LogP contribution in [0.2, 0.25) is 0 Å². The van der Waals surface area contributed by atoms with E-state index in [-0.39, 0.29) is 5.69 Å². The van der Waals surface area contributed by atoms with Crippen LogP contribution in [0.4, 0.5) is 11.6 Å². The van der Waals surface area contributed by atoms with Crippen molar-refractivity contribution >= 4 is 22.7 Å². The molecule has 0 spiro atoms. The van der Waals surface area contributed by atoms with Crippen LogP contribution in [0.1, 0.15) is 11.7 Å². The summed E-state index contributed by atoms with van der Waals surface area (Å²) in [6.07, 6.45) is 0.592. The monoisotopic (exact) mass is 288 g/mol. The van der Waals surface area contributed by atoms with E-state index < -0.39 is 4.92 Å². The first kappa shape index (κ1) is 13.0. The van der Waals surface area contributed by atoms with Gasteiger partial charge in [-0.1, -0.05) is 5.16 Å². The number of nitrogens with zero attached hydrogens (tertiary/aromatic N) is 4. The maximum absolute atomic E-state index is 10.7. The molecule has 9 heteroatoms. The molecule has 0 amide bonds. The van der Waals surface area contributed by atoms with Gasteiger partial charge in [0.2, 0.25) is 11.8 Å². The van der Waals surface area contributed by atoms with E-state index in [4.69, 9.17) is 4.52 Å². The molecule has 0 fully saturated rings. The van der Waals surface area contributed by atoms with Crippen LogP contribution in [0.25, 0.3) is 11.0 Å². The molecule has 108 valence electrons. The lowest BCUT2D eigenvalue weighted by molar-refractivity contribution is -0.384. The molecule has 2 N–H and O–H groups in total. The minimum atomic E-state index is -0.439. The summed E-state index contributed by atoms with van der Waals surface area (Å²) in [7, 11) is 0. The summed E-state index contributed by atoms with van der Waals surface area (Å²) in [5, 5.41) is 17.6. The molecule has 0 unspecified atom stereocenters. The second-order valence-electron chi connectivity index (χ2n) is 4.45. The lowest BCUT2D eigenvalue weighted by Gasteiger charge is -1.98. The Hall–Kier alpha value is -2.97. The van der Waals surface area contributed by atoms with E-state index in [0.29, 0.717) is 41.7 Å². The van der Waals surface area contributed by atoms with Crippen LogP contribution in [0.3, 0.4) is 0 Å². The smallest absolute Gasteiger partial charge is 0.271 e. The third-order valence-corrected chi connectivity index (χ3v) is 2.89. The van der Waals surface area contributed by atoms with Crippen LogP contribution in [0, 0.1) is 17.0 Å². The van der Waals surface area contributed by atoms with Gasteiger partial charge in [-0.05, 0) is 6.07 Å². The molecular weight excluding hydrogens is 276 g/mol. The maximum atomic E-state index is 10.7. The summed E-state index contributed by atoms with van der Waals surface area (Å²) >= 11 is 0. The van der Waals surface area contributed by atoms with Gasteiger partial charge >= 0.3 is 0 Å². The number of anilines is 1. The van der Waals surface area contributed by atoms with Gasteiger partial charge in [-0.2, -0.15) is 4.98 Å². The average Bonchev–Trinajstić information content (AvgIpc) is 3.03. The quantitative estimate of drug-likeness (QED) is 0.542. The molecule has 3 aromatic rings. The van der Waals surface area contributed by atoms with Crippen LogP contribution in [0.15, 0.2) is 22.7 Å². The van der Waals surface area contributed by atoms with Gasteiger partial charge < -0.3 is 14.8 Å². The van der Waals surface area contributed by atoms with E-state index in [1.54, 1.807) is 13.0 Å². The fraction of sp³-hybridized carbons (Fsp3) is 0.250. The Balaban J connectivity index is 1.68. The van der Waals surface area contributed by atoms with Gasteiger partial charge in [-0.25, -0.2) is 4.98 Å². The lowest BCUT2D eigenvalue weighted by Crippen LogP contribution is -2.07. The molecule has 21 heavy (non-hydrogen) atoms. The highest BCUT2D eigenvalue weighted by atomic mass is 16.6. The number of rotatable bonds is 5. The van der Waals surface area contributed by atoms with Crippen molar-refractivity contribution in [1.82, 2.24) is 20.1 Å². The highest BCUT2D eigenvalue weighted by Crippen LogP contribution is 2.20. The largest absolute Gasteiger partial charge is 0.355 e. The van der Waals surface area contributed by atoms with Gasteiger partial charge in [-0.3, -0.25) is 10.1 Å². The molecule has 0 radical (unpaired) electrons. The Morgan fingerprint density at radius 1 is 1.43 bits per heavy atom. The molecule has 0 saturated heterocycles. The number of fused-ring (bicyclic) bond motifs is 1. The van der Waals surface area contributed by atoms with Crippen molar-refractivity contribution in [3.8, 4) is 0 Å². The summed E-state index contributed by atoms with van der Waals surface area (Å²) in [5.41, 5.74) is 1.31. The number of aromatic nitrogens is 4. The molecule has 2 heterocycles. The number of aromatic amines is 1. The zero-order valence-electron chi connectivity index (χ0n) is 11.2. The van der Waals surface area contributed by atoms with Gasteiger partial charge in [0.25, 0.3) is 5.69 Å². The van der Waals surface area contributed by atoms with Gasteiger partial charge in [0.15, 0.2) is 5.82 Å². The summed E-state index contributed by atoms with van der Waals surface area (Å²) in [4.78, 5) is 21.7. The number of imidazole rings is 1. The van der Waals surface area contributed by atoms with Crippen molar-refractivity contribution in [1.29, 1.82) is 0 Å². The van der Waals surface area contributed by atoms with Crippen LogP contribution < -0.4 is 5.32 Å². The van der Waals surface area contributed by atoms with Crippen molar-refractivity contribution < 1.29 is 9.45 Å². The molecule has 0 aliphatic heterocycles. The predicted octanol–water partition coefficient (Wildman–Crippen LogP) is 1.82. The second kappa shape index (κ2) is 5.19. The SMILES string of the molecule is Cc1nc(CCNc2nc3ccc([N+](=O)[O-])cc3[nH]2)no1. The molecule has 1 aromatic carbocycles. The van der Waals surface area contributed by atoms with Crippen molar-refractivity contribution in [2.75, 3.05) is 11.9 Å². The van der Waals surface area contributed by atoms with Crippen molar-refractivity contribution in [3.63, 3.8) is 0 Å². The number of hydrogen-bond acceptors (Lipinski definition) is 7. The summed E-state index contributed by atoms with van der Waals surface area (Å²) in [6.45, 7) is 2.30. The highest BCUT2D eigenvalue weighted by molar-refractivity contribution is 5.79. The number of benzene rings is 1. The number of nitro groups is 1. The van der Waals surface area contributed by atoms with E-state index in [2.05, 4.69) is 25.4 Å². The predicted molar refractivity (Wildman–Crippen MR) is 74.0 cm³/mol. The number of nitrogens with one attached hydrogen (secondary N) is 2. The average molecular weight is 288 g/mol. The number of nitro benzene ring substituents is 1. The van der Waals surface area contributed by atoms with Crippen molar-refractivity contribution in [3.05, 3.63) is 40.0 Å². The summed E-state index contributed by atoms with van der Waals surface area (Å²) in [5.74, 6) is 1.69. The lowest BCUT2D eigenvalue weighted by atomic mass is 10.3. The number of aryl methyl sites for hydroxylation is 1. The second-order valence-corrected chi connectivity index (χ2v) is 4.45. The molecule has 0 aliphatic rings. The molecular formula is C12H12N6O3. The molecule has 0 bridgehead atoms. The van der Waals surface area contributed by atoms with Crippen LogP contribution in [-0.4, -0.2) is 31.6 Å². The first-order valence-corrected chi connectivity index (χ1v) is 6.29. The van der Waals surface area contributed by atoms with Crippen LogP contribution in [0.5, 0.6) is 0 Å². The van der Waals surface area contributed by atoms with E-state index in [1.807, 2.05) is 0 Å². The number of H-pyrrole nitrogens is 1. The minimum Gasteiger partial charge on any atom is -0.355 e. The topological polar surface area (TPSA) is 123 Å². The first-order valence-electron chi connectivity index (χ1n) is 6.29. The fourth-order valence-corrected chi connectivity index (χ4v) is 1.93. The zero-order valence-corrected chi connectivity index (χ0v) is 11.2. The molecule has 0 atom stereocenters. The molecule has 3 rings (SSSR count). The Morgan fingerprint density at radius 3 is 3.00 bits per heavy atom. The van der Waals surface area contributed by atoms with Gasteiger partial charge in [-0.15, -0.1) is 0 Å². The maximum Gasteiger partial charge on any atom is 0.271 e. The van der Waals surface area contributed by atoms with Gasteiger partial charge in [0.05, 0.1) is 16.0 Å². The molecule has 0 aliphatic carbocycles. The third-order valence-electron chi connectivity index (χ3n) is 2.89. The van der Waals surface area contributed by atoms with E-state index in [9.17, 15) is 10.1 Å². The zero-order chi connectivity index (χ0) is 14.8. The Morgan fingerprint density at radius 2 is 2.29 bits per heavy atom. The fourth-order valence-electron chi connectivity index (χ4n) is 1.93. The Labute approximate surface area is 118 Å². The normalized spacial score (nSPS) is 10.9. The highest BCUT2D eigenvalue weighted by Gasteiger charge is 2.09. The van der Waals surface area contributed by atoms with E-state index in [0.717, 1.165) is 0 Å². The third kappa shape index (κ3) is 2.81. The molecule has 9 nitrogen and oxygen atoms in total. The first-order chi connectivity index (χ1) is 10.1. The van der Waals surface area contributed by atoms with Crippen molar-refractivity contribution in [2.24, 2.45) is 0 Å². The molecule has 0 saturated carbocycles. The number of non-ortho nitro benzene ring substituents is 1. The van der Waals surface area contributed by atoms with Crippen LogP contribution in [-0.2, 0) is 6.42 Å². The summed E-state index contributed by atoms with van der Waals surface area (Å²) in [6, 6.07) is 4.49. The number of hydrogen-bond donors (Lipinski definition) is 2. The minimum absolute atomic E-state index is 0.0278. The Bertz CT molecular complexity index is 793.